The van der Waals surface area contributed by atoms with E-state index in [4.69, 9.17) is 11.6 Å². The largest absolute Gasteiger partial charge is 0.465 e. The molecule has 0 fully saturated rings. The zero-order chi connectivity index (χ0) is 11.7. The zero-order valence-electron chi connectivity index (χ0n) is 8.95. The highest BCUT2D eigenvalue weighted by atomic mass is 35.5. The van der Waals surface area contributed by atoms with E-state index in [-0.39, 0.29) is 5.97 Å². The Hall–Kier alpha value is -1.61. The number of methoxy groups -OCH3 is 1. The Morgan fingerprint density at radius 3 is 2.81 bits per heavy atom. The van der Waals surface area contributed by atoms with Crippen molar-refractivity contribution in [2.75, 3.05) is 7.11 Å². The van der Waals surface area contributed by atoms with Gasteiger partial charge in [-0.2, -0.15) is 0 Å². The first-order valence-corrected chi connectivity index (χ1v) is 5.15. The van der Waals surface area contributed by atoms with Crippen LogP contribution in [0.1, 0.15) is 16.1 Å². The zero-order valence-corrected chi connectivity index (χ0v) is 9.71. The van der Waals surface area contributed by atoms with E-state index < -0.39 is 0 Å². The number of pyridine rings is 1. The van der Waals surface area contributed by atoms with Gasteiger partial charge in [-0.1, -0.05) is 17.7 Å². The number of esters is 1. The first kappa shape index (κ1) is 10.9. The highest BCUT2D eigenvalue weighted by Crippen LogP contribution is 2.23. The lowest BCUT2D eigenvalue weighted by atomic mass is 10.1. The molecule has 0 aliphatic heterocycles. The molecule has 2 aromatic rings. The van der Waals surface area contributed by atoms with Gasteiger partial charge in [0.05, 0.1) is 12.7 Å². The highest BCUT2D eigenvalue weighted by Gasteiger charge is 2.08. The third kappa shape index (κ3) is 1.86. The Morgan fingerprint density at radius 2 is 2.12 bits per heavy atom. The maximum atomic E-state index is 11.4. The summed E-state index contributed by atoms with van der Waals surface area (Å²) in [6.45, 7) is 1.86. The first-order valence-electron chi connectivity index (χ1n) is 4.77. The molecule has 1 aromatic carbocycles. The summed E-state index contributed by atoms with van der Waals surface area (Å²) < 4.78 is 4.66. The molecule has 0 N–H and O–H groups in total. The molecule has 2 rings (SSSR count). The Balaban J connectivity index is 2.66. The van der Waals surface area contributed by atoms with Gasteiger partial charge in [0.25, 0.3) is 0 Å². The van der Waals surface area contributed by atoms with Crippen LogP contribution in [0.3, 0.4) is 0 Å². The lowest BCUT2D eigenvalue weighted by Crippen LogP contribution is -2.00. The summed E-state index contributed by atoms with van der Waals surface area (Å²) >= 11 is 6.00. The third-order valence-electron chi connectivity index (χ3n) is 2.33. The number of aryl methyl sites for hydroxylation is 1. The van der Waals surface area contributed by atoms with Crippen molar-refractivity contribution in [2.24, 2.45) is 0 Å². The Morgan fingerprint density at radius 1 is 1.38 bits per heavy atom. The minimum Gasteiger partial charge on any atom is -0.465 e. The van der Waals surface area contributed by atoms with Crippen LogP contribution in [-0.2, 0) is 4.74 Å². The van der Waals surface area contributed by atoms with Gasteiger partial charge in [0.2, 0.25) is 0 Å². The molecule has 1 aromatic heterocycles. The van der Waals surface area contributed by atoms with Crippen molar-refractivity contribution in [1.29, 1.82) is 0 Å². The minimum atomic E-state index is -0.354. The fourth-order valence-electron chi connectivity index (χ4n) is 1.59. The number of fused-ring (bicyclic) bond motifs is 1. The molecule has 0 aliphatic carbocycles. The Kier molecular flexibility index (Phi) is 2.79. The second kappa shape index (κ2) is 4.10. The van der Waals surface area contributed by atoms with Gasteiger partial charge in [-0.25, -0.2) is 9.78 Å². The second-order valence-corrected chi connectivity index (χ2v) is 3.84. The van der Waals surface area contributed by atoms with E-state index >= 15 is 0 Å². The van der Waals surface area contributed by atoms with Gasteiger partial charge in [0.15, 0.2) is 0 Å². The first-order chi connectivity index (χ1) is 7.61. The molecule has 82 valence electrons. The van der Waals surface area contributed by atoms with Gasteiger partial charge in [0, 0.05) is 11.1 Å². The standard InChI is InChI=1S/C12H10ClNO2/c1-7-5-9-6-8(12(15)16-2)3-4-10(9)11(13)14-7/h3-6H,1-2H3. The van der Waals surface area contributed by atoms with Crippen LogP contribution >= 0.6 is 11.6 Å². The van der Waals surface area contributed by atoms with E-state index in [0.717, 1.165) is 16.5 Å². The molecule has 0 unspecified atom stereocenters. The Bertz CT molecular complexity index is 566. The molecular formula is C12H10ClNO2. The monoisotopic (exact) mass is 235 g/mol. The van der Waals surface area contributed by atoms with Crippen molar-refractivity contribution in [3.05, 3.63) is 40.7 Å². The number of ether oxygens (including phenoxy) is 1. The number of benzene rings is 1. The maximum Gasteiger partial charge on any atom is 0.337 e. The van der Waals surface area contributed by atoms with Crippen LogP contribution in [0.25, 0.3) is 10.8 Å². The molecule has 16 heavy (non-hydrogen) atoms. The van der Waals surface area contributed by atoms with Crippen molar-refractivity contribution in [3.8, 4) is 0 Å². The highest BCUT2D eigenvalue weighted by molar-refractivity contribution is 6.34. The van der Waals surface area contributed by atoms with Gasteiger partial charge >= 0.3 is 5.97 Å². The number of hydrogen-bond acceptors (Lipinski definition) is 3. The normalized spacial score (nSPS) is 10.4. The SMILES string of the molecule is COC(=O)c1ccc2c(Cl)nc(C)cc2c1. The quantitative estimate of drug-likeness (QED) is 0.564. The average Bonchev–Trinajstić information content (AvgIpc) is 2.27. The van der Waals surface area contributed by atoms with Crippen LogP contribution in [0, 0.1) is 6.92 Å². The molecule has 0 amide bonds. The molecule has 0 spiro atoms. The van der Waals surface area contributed by atoms with E-state index in [1.54, 1.807) is 18.2 Å². The summed E-state index contributed by atoms with van der Waals surface area (Å²) in [7, 11) is 1.36. The van der Waals surface area contributed by atoms with Gasteiger partial charge in [-0.3, -0.25) is 0 Å². The van der Waals surface area contributed by atoms with Crippen molar-refractivity contribution >= 4 is 28.3 Å². The Labute approximate surface area is 98.0 Å². The van der Waals surface area contributed by atoms with Crippen molar-refractivity contribution < 1.29 is 9.53 Å². The summed E-state index contributed by atoms with van der Waals surface area (Å²) in [4.78, 5) is 15.5. The molecule has 0 aliphatic rings. The average molecular weight is 236 g/mol. The number of rotatable bonds is 1. The van der Waals surface area contributed by atoms with Crippen molar-refractivity contribution in [2.45, 2.75) is 6.92 Å². The molecule has 0 saturated carbocycles. The van der Waals surface area contributed by atoms with Crippen LogP contribution in [0.15, 0.2) is 24.3 Å². The summed E-state index contributed by atoms with van der Waals surface area (Å²) in [6, 6.07) is 7.09. The van der Waals surface area contributed by atoms with Crippen LogP contribution in [0.5, 0.6) is 0 Å². The second-order valence-electron chi connectivity index (χ2n) is 3.48. The summed E-state index contributed by atoms with van der Waals surface area (Å²) in [5.41, 5.74) is 1.33. The maximum absolute atomic E-state index is 11.4. The number of carbonyl (C=O) groups is 1. The van der Waals surface area contributed by atoms with Crippen LogP contribution in [0.2, 0.25) is 5.15 Å². The van der Waals surface area contributed by atoms with Crippen LogP contribution in [0.4, 0.5) is 0 Å². The van der Waals surface area contributed by atoms with Gasteiger partial charge in [-0.05, 0) is 30.5 Å². The summed E-state index contributed by atoms with van der Waals surface area (Å²) in [6.07, 6.45) is 0. The molecule has 0 bridgehead atoms. The summed E-state index contributed by atoms with van der Waals surface area (Å²) in [5, 5.41) is 2.17. The van der Waals surface area contributed by atoms with E-state index in [1.165, 1.54) is 7.11 Å². The molecule has 0 saturated heterocycles. The third-order valence-corrected chi connectivity index (χ3v) is 2.62. The van der Waals surface area contributed by atoms with E-state index in [1.807, 2.05) is 13.0 Å². The van der Waals surface area contributed by atoms with Crippen LogP contribution < -0.4 is 0 Å². The van der Waals surface area contributed by atoms with Gasteiger partial charge < -0.3 is 4.74 Å². The fraction of sp³-hybridized carbons (Fsp3) is 0.167. The lowest BCUT2D eigenvalue weighted by molar-refractivity contribution is 0.0601. The van der Waals surface area contributed by atoms with Crippen molar-refractivity contribution in [1.82, 2.24) is 4.98 Å². The van der Waals surface area contributed by atoms with Crippen LogP contribution in [-0.4, -0.2) is 18.1 Å². The summed E-state index contributed by atoms with van der Waals surface area (Å²) in [5.74, 6) is -0.354. The predicted octanol–water partition coefficient (Wildman–Crippen LogP) is 2.98. The molecule has 4 heteroatoms. The fourth-order valence-corrected chi connectivity index (χ4v) is 1.89. The number of nitrogens with zero attached hydrogens (tertiary/aromatic N) is 1. The molecule has 0 radical (unpaired) electrons. The molecule has 0 atom stereocenters. The van der Waals surface area contributed by atoms with Gasteiger partial charge in [0.1, 0.15) is 5.15 Å². The molecular weight excluding hydrogens is 226 g/mol. The van der Waals surface area contributed by atoms with Crippen molar-refractivity contribution in [3.63, 3.8) is 0 Å². The number of halogens is 1. The van der Waals surface area contributed by atoms with E-state index in [9.17, 15) is 4.79 Å². The number of carbonyl (C=O) groups excluding carboxylic acids is 1. The topological polar surface area (TPSA) is 39.2 Å². The number of aromatic nitrogens is 1. The number of hydrogen-bond donors (Lipinski definition) is 0. The van der Waals surface area contributed by atoms with E-state index in [2.05, 4.69) is 9.72 Å². The smallest absolute Gasteiger partial charge is 0.337 e. The van der Waals surface area contributed by atoms with Gasteiger partial charge in [-0.15, -0.1) is 0 Å². The molecule has 1 heterocycles. The minimum absolute atomic E-state index is 0.354. The van der Waals surface area contributed by atoms with E-state index in [0.29, 0.717) is 10.7 Å². The lowest BCUT2D eigenvalue weighted by Gasteiger charge is -2.04. The predicted molar refractivity (Wildman–Crippen MR) is 62.8 cm³/mol. The molecule has 3 nitrogen and oxygen atoms in total.